The molecule has 190 valence electrons. The van der Waals surface area contributed by atoms with E-state index in [1.807, 2.05) is 51.1 Å². The average molecular weight is 492 g/mol. The van der Waals surface area contributed by atoms with Crippen LogP contribution in [-0.2, 0) is 10.2 Å². The maximum atomic E-state index is 13.2. The minimum absolute atomic E-state index is 0.0983. The molecular formula is C27H33N5O4. The summed E-state index contributed by atoms with van der Waals surface area (Å²) >= 11 is 0. The number of nitrogens with zero attached hydrogens (tertiary/aromatic N) is 4. The monoisotopic (exact) mass is 491 g/mol. The van der Waals surface area contributed by atoms with Crippen LogP contribution in [0, 0.1) is 23.0 Å². The molecule has 0 unspecified atom stereocenters. The van der Waals surface area contributed by atoms with Gasteiger partial charge in [0.1, 0.15) is 12.4 Å². The van der Waals surface area contributed by atoms with E-state index in [0.717, 1.165) is 16.9 Å². The molecule has 0 aliphatic carbocycles. The second-order valence-corrected chi connectivity index (χ2v) is 10.3. The summed E-state index contributed by atoms with van der Waals surface area (Å²) in [5.74, 6) is -0.0889. The molecule has 0 bridgehead atoms. The van der Waals surface area contributed by atoms with Crippen molar-refractivity contribution in [2.24, 2.45) is 5.92 Å². The Labute approximate surface area is 211 Å². The fourth-order valence-electron chi connectivity index (χ4n) is 3.75. The summed E-state index contributed by atoms with van der Waals surface area (Å²) in [4.78, 5) is 38.2. The van der Waals surface area contributed by atoms with Gasteiger partial charge in [0.05, 0.1) is 16.3 Å². The molecule has 2 aromatic carbocycles. The summed E-state index contributed by atoms with van der Waals surface area (Å²) < 4.78 is 1.72. The Kier molecular flexibility index (Phi) is 7.92. The Morgan fingerprint density at radius 3 is 2.31 bits per heavy atom. The topological polar surface area (TPSA) is 110 Å². The van der Waals surface area contributed by atoms with Gasteiger partial charge in [0.25, 0.3) is 11.6 Å². The molecule has 1 aromatic heterocycles. The summed E-state index contributed by atoms with van der Waals surface area (Å²) in [5, 5.41) is 18.7. The lowest BCUT2D eigenvalue weighted by Crippen LogP contribution is -2.40. The van der Waals surface area contributed by atoms with Crippen molar-refractivity contribution in [1.29, 1.82) is 0 Å². The molecule has 0 spiro atoms. The van der Waals surface area contributed by atoms with E-state index in [2.05, 4.69) is 26.1 Å². The van der Waals surface area contributed by atoms with E-state index in [4.69, 9.17) is 5.10 Å². The Hall–Kier alpha value is -4.01. The Morgan fingerprint density at radius 2 is 1.75 bits per heavy atom. The van der Waals surface area contributed by atoms with Crippen LogP contribution in [-0.4, -0.2) is 44.5 Å². The molecule has 0 atom stereocenters. The van der Waals surface area contributed by atoms with E-state index in [-0.39, 0.29) is 40.9 Å². The predicted octanol–water partition coefficient (Wildman–Crippen LogP) is 5.12. The fraction of sp³-hybridized carbons (Fsp3) is 0.370. The Balaban J connectivity index is 1.87. The highest BCUT2D eigenvalue weighted by Gasteiger charge is 2.24. The molecule has 0 fully saturated rings. The van der Waals surface area contributed by atoms with Crippen molar-refractivity contribution in [1.82, 2.24) is 14.7 Å². The van der Waals surface area contributed by atoms with Crippen molar-refractivity contribution in [2.75, 3.05) is 18.4 Å². The third-order valence-electron chi connectivity index (χ3n) is 5.62. The van der Waals surface area contributed by atoms with Gasteiger partial charge in [0.15, 0.2) is 0 Å². The fourth-order valence-corrected chi connectivity index (χ4v) is 3.75. The van der Waals surface area contributed by atoms with Gasteiger partial charge in [-0.15, -0.1) is 0 Å². The average Bonchev–Trinajstić information content (AvgIpc) is 3.22. The number of rotatable bonds is 8. The van der Waals surface area contributed by atoms with E-state index >= 15 is 0 Å². The number of carbonyl (C=O) groups excluding carboxylic acids is 2. The van der Waals surface area contributed by atoms with Crippen LogP contribution in [0.15, 0.2) is 54.6 Å². The zero-order valence-corrected chi connectivity index (χ0v) is 21.6. The molecule has 9 heteroatoms. The first kappa shape index (κ1) is 26.6. The molecule has 1 N–H and O–H groups in total. The number of nitro groups is 1. The lowest BCUT2D eigenvalue weighted by Gasteiger charge is -2.24. The Bertz CT molecular complexity index is 1260. The number of carbonyl (C=O) groups is 2. The molecule has 0 aliphatic heterocycles. The molecule has 9 nitrogen and oxygen atoms in total. The van der Waals surface area contributed by atoms with Gasteiger partial charge < -0.3 is 10.2 Å². The maximum Gasteiger partial charge on any atom is 0.269 e. The van der Waals surface area contributed by atoms with Crippen LogP contribution in [0.5, 0.6) is 0 Å². The van der Waals surface area contributed by atoms with Crippen molar-refractivity contribution in [3.63, 3.8) is 0 Å². The number of non-ortho nitro benzene ring substituents is 1. The summed E-state index contributed by atoms with van der Waals surface area (Å²) in [6.45, 7) is 12.2. The molecule has 2 amide bonds. The number of para-hydroxylation sites is 1. The van der Waals surface area contributed by atoms with Gasteiger partial charge in [-0.1, -0.05) is 52.8 Å². The minimum atomic E-state index is -0.517. The van der Waals surface area contributed by atoms with Crippen molar-refractivity contribution in [2.45, 2.75) is 47.0 Å². The van der Waals surface area contributed by atoms with Crippen molar-refractivity contribution >= 4 is 23.3 Å². The van der Waals surface area contributed by atoms with Crippen molar-refractivity contribution in [3.05, 3.63) is 81.5 Å². The molecule has 0 radical (unpaired) electrons. The number of aryl methyl sites for hydroxylation is 1. The number of benzene rings is 2. The van der Waals surface area contributed by atoms with Gasteiger partial charge in [0, 0.05) is 35.7 Å². The zero-order chi connectivity index (χ0) is 26.6. The minimum Gasteiger partial charge on any atom is -0.329 e. The largest absolute Gasteiger partial charge is 0.329 e. The normalized spacial score (nSPS) is 11.4. The first-order chi connectivity index (χ1) is 16.9. The maximum absolute atomic E-state index is 13.2. The van der Waals surface area contributed by atoms with Crippen LogP contribution < -0.4 is 5.32 Å². The van der Waals surface area contributed by atoms with Gasteiger partial charge in [0.2, 0.25) is 5.91 Å². The van der Waals surface area contributed by atoms with E-state index in [9.17, 15) is 19.7 Å². The molecule has 0 saturated carbocycles. The number of nitrogens with one attached hydrogen (secondary N) is 1. The number of hydrogen-bond donors (Lipinski definition) is 1. The predicted molar refractivity (Wildman–Crippen MR) is 139 cm³/mol. The first-order valence-corrected chi connectivity index (χ1v) is 11.9. The van der Waals surface area contributed by atoms with E-state index in [0.29, 0.717) is 12.4 Å². The highest BCUT2D eigenvalue weighted by atomic mass is 16.6. The van der Waals surface area contributed by atoms with Crippen molar-refractivity contribution < 1.29 is 14.5 Å². The highest BCUT2D eigenvalue weighted by molar-refractivity contribution is 5.99. The number of hydrogen-bond acceptors (Lipinski definition) is 5. The third-order valence-corrected chi connectivity index (χ3v) is 5.62. The number of anilines is 1. The lowest BCUT2D eigenvalue weighted by atomic mass is 9.92. The van der Waals surface area contributed by atoms with Crippen LogP contribution in [0.2, 0.25) is 0 Å². The van der Waals surface area contributed by atoms with Gasteiger partial charge in [-0.3, -0.25) is 19.7 Å². The van der Waals surface area contributed by atoms with Gasteiger partial charge in [-0.2, -0.15) is 5.10 Å². The molecule has 3 aromatic rings. The van der Waals surface area contributed by atoms with Gasteiger partial charge in [-0.05, 0) is 36.6 Å². The summed E-state index contributed by atoms with van der Waals surface area (Å²) in [7, 11) is 0. The second-order valence-electron chi connectivity index (χ2n) is 10.3. The lowest BCUT2D eigenvalue weighted by molar-refractivity contribution is -0.384. The van der Waals surface area contributed by atoms with E-state index < -0.39 is 4.92 Å². The SMILES string of the molecule is Cc1ccccc1-n1nc(C(C)(C)C)cc1NC(=O)CN(CC(C)C)C(=O)c1ccc([N+](=O)[O-])cc1. The molecule has 0 aliphatic rings. The summed E-state index contributed by atoms with van der Waals surface area (Å²) in [5.41, 5.74) is 2.63. The molecular weight excluding hydrogens is 458 g/mol. The number of nitro benzene ring substituents is 1. The smallest absolute Gasteiger partial charge is 0.269 e. The van der Waals surface area contributed by atoms with E-state index in [1.165, 1.54) is 29.2 Å². The second kappa shape index (κ2) is 10.7. The molecule has 36 heavy (non-hydrogen) atoms. The van der Waals surface area contributed by atoms with Crippen LogP contribution in [0.4, 0.5) is 11.5 Å². The molecule has 3 rings (SSSR count). The zero-order valence-electron chi connectivity index (χ0n) is 21.6. The van der Waals surface area contributed by atoms with Crippen molar-refractivity contribution in [3.8, 4) is 5.69 Å². The molecule has 0 saturated heterocycles. The summed E-state index contributed by atoms with van der Waals surface area (Å²) in [6, 6.07) is 15.0. The van der Waals surface area contributed by atoms with Crippen LogP contribution >= 0.6 is 0 Å². The summed E-state index contributed by atoms with van der Waals surface area (Å²) in [6.07, 6.45) is 0. The van der Waals surface area contributed by atoms with E-state index in [1.54, 1.807) is 4.68 Å². The third kappa shape index (κ3) is 6.35. The molecule has 1 heterocycles. The first-order valence-electron chi connectivity index (χ1n) is 11.9. The van der Waals surface area contributed by atoms with Crippen LogP contribution in [0.25, 0.3) is 5.69 Å². The van der Waals surface area contributed by atoms with Gasteiger partial charge >= 0.3 is 0 Å². The van der Waals surface area contributed by atoms with Gasteiger partial charge in [-0.25, -0.2) is 4.68 Å². The number of amides is 2. The Morgan fingerprint density at radius 1 is 1.11 bits per heavy atom. The standard InChI is InChI=1S/C27H33N5O4/c1-18(2)16-30(26(34)20-11-13-21(14-12-20)32(35)36)17-25(33)28-24-15-23(27(4,5)6)29-31(24)22-10-8-7-9-19(22)3/h7-15,18H,16-17H2,1-6H3,(H,28,33). The number of aromatic nitrogens is 2. The highest BCUT2D eigenvalue weighted by Crippen LogP contribution is 2.27. The van der Waals surface area contributed by atoms with Crippen LogP contribution in [0.1, 0.15) is 56.2 Å². The van der Waals surface area contributed by atoms with Crippen LogP contribution in [0.3, 0.4) is 0 Å². The quantitative estimate of drug-likeness (QED) is 0.347.